The zero-order valence-corrected chi connectivity index (χ0v) is 13.7. The van der Waals surface area contributed by atoms with Crippen molar-refractivity contribution in [1.82, 2.24) is 0 Å². The van der Waals surface area contributed by atoms with Gasteiger partial charge in [-0.05, 0) is 24.1 Å². The molecule has 0 aromatic heterocycles. The van der Waals surface area contributed by atoms with Gasteiger partial charge in [-0.3, -0.25) is 4.79 Å². The monoisotopic (exact) mass is 330 g/mol. The quantitative estimate of drug-likeness (QED) is 0.681. The van der Waals surface area contributed by atoms with Crippen LogP contribution < -0.4 is 4.74 Å². The normalized spacial score (nSPS) is 23.2. The molecule has 5 nitrogen and oxygen atoms in total. The van der Waals surface area contributed by atoms with Gasteiger partial charge >= 0.3 is 5.97 Å². The van der Waals surface area contributed by atoms with Gasteiger partial charge in [0.1, 0.15) is 17.4 Å². The summed E-state index contributed by atoms with van der Waals surface area (Å²) in [5.41, 5.74) is 1.07. The van der Waals surface area contributed by atoms with Crippen LogP contribution in [0.1, 0.15) is 35.2 Å². The number of cyclic esters (lactones) is 1. The average Bonchev–Trinajstić information content (AvgIpc) is 2.53. The summed E-state index contributed by atoms with van der Waals surface area (Å²) in [4.78, 5) is 24.5. The van der Waals surface area contributed by atoms with Crippen LogP contribution in [0, 0.1) is 0 Å². The Balaban J connectivity index is 2.42. The highest BCUT2D eigenvalue weighted by Crippen LogP contribution is 2.26. The number of aliphatic hydroxyl groups excluding tert-OH is 1. The Kier molecular flexibility index (Phi) is 6.32. The number of benzene rings is 1. The van der Waals surface area contributed by atoms with Crippen molar-refractivity contribution in [2.24, 2.45) is 0 Å². The first kappa shape index (κ1) is 17.9. The van der Waals surface area contributed by atoms with E-state index in [2.05, 4.69) is 6.58 Å². The van der Waals surface area contributed by atoms with Gasteiger partial charge in [0.05, 0.1) is 13.2 Å². The van der Waals surface area contributed by atoms with E-state index in [1.807, 2.05) is 0 Å². The van der Waals surface area contributed by atoms with E-state index >= 15 is 0 Å². The number of carbonyl (C=O) groups is 2. The van der Waals surface area contributed by atoms with E-state index in [9.17, 15) is 14.7 Å². The third-order valence-corrected chi connectivity index (χ3v) is 3.85. The predicted molar refractivity (Wildman–Crippen MR) is 90.1 cm³/mol. The molecule has 0 saturated heterocycles. The molecule has 1 aromatic rings. The van der Waals surface area contributed by atoms with Crippen molar-refractivity contribution < 1.29 is 24.2 Å². The van der Waals surface area contributed by atoms with Gasteiger partial charge in [0, 0.05) is 19.3 Å². The Hall–Kier alpha value is -2.40. The zero-order valence-electron chi connectivity index (χ0n) is 13.7. The number of hydrogen-bond acceptors (Lipinski definition) is 5. The van der Waals surface area contributed by atoms with Gasteiger partial charge < -0.3 is 14.6 Å². The van der Waals surface area contributed by atoms with Gasteiger partial charge in [-0.15, -0.1) is 6.58 Å². The van der Waals surface area contributed by atoms with Crippen LogP contribution in [0.25, 0.3) is 0 Å². The third kappa shape index (κ3) is 4.55. The Labute approximate surface area is 141 Å². The molecule has 1 aliphatic rings. The maximum atomic E-state index is 12.6. The minimum absolute atomic E-state index is 0.00661. The van der Waals surface area contributed by atoms with E-state index in [0.29, 0.717) is 24.2 Å². The molecule has 2 rings (SSSR count). The number of hydrogen-bond donors (Lipinski definition) is 1. The molecule has 1 aliphatic heterocycles. The molecule has 1 heterocycles. The average molecular weight is 330 g/mol. The first-order valence-corrected chi connectivity index (χ1v) is 7.90. The number of esters is 1. The number of fused-ring (bicyclic) bond motifs is 1. The fraction of sp³-hybridized carbons (Fsp3) is 0.368. The highest BCUT2D eigenvalue weighted by molar-refractivity contribution is 5.95. The summed E-state index contributed by atoms with van der Waals surface area (Å²) in [7, 11) is 1.49. The summed E-state index contributed by atoms with van der Waals surface area (Å²) in [6.07, 6.45) is 4.34. The van der Waals surface area contributed by atoms with Crippen molar-refractivity contribution in [1.29, 1.82) is 0 Å². The van der Waals surface area contributed by atoms with E-state index in [0.717, 1.165) is 5.56 Å². The topological polar surface area (TPSA) is 72.8 Å². The number of allylic oxidation sites excluding steroid dienone is 2. The smallest absolute Gasteiger partial charge is 0.342 e. The van der Waals surface area contributed by atoms with Crippen LogP contribution >= 0.6 is 0 Å². The molecule has 128 valence electrons. The van der Waals surface area contributed by atoms with Crippen LogP contribution in [0.2, 0.25) is 0 Å². The number of ether oxygens (including phenoxy) is 2. The van der Waals surface area contributed by atoms with Crippen molar-refractivity contribution in [2.75, 3.05) is 7.11 Å². The molecule has 2 atom stereocenters. The van der Waals surface area contributed by atoms with E-state index in [1.54, 1.807) is 30.4 Å². The lowest BCUT2D eigenvalue weighted by molar-refractivity contribution is -0.116. The summed E-state index contributed by atoms with van der Waals surface area (Å²) in [5.74, 6) is -0.231. The van der Waals surface area contributed by atoms with Gasteiger partial charge in [-0.25, -0.2) is 4.79 Å². The van der Waals surface area contributed by atoms with Gasteiger partial charge in [0.15, 0.2) is 5.78 Å². The second-order valence-electron chi connectivity index (χ2n) is 5.71. The van der Waals surface area contributed by atoms with E-state index in [4.69, 9.17) is 9.47 Å². The molecule has 0 saturated carbocycles. The van der Waals surface area contributed by atoms with E-state index in [-0.39, 0.29) is 18.6 Å². The maximum absolute atomic E-state index is 12.6. The Morgan fingerprint density at radius 3 is 2.92 bits per heavy atom. The molecule has 0 aliphatic carbocycles. The molecule has 0 radical (unpaired) electrons. The second-order valence-corrected chi connectivity index (χ2v) is 5.71. The zero-order chi connectivity index (χ0) is 17.5. The molecule has 5 heteroatoms. The fourth-order valence-electron chi connectivity index (χ4n) is 2.74. The number of aliphatic hydroxyl groups is 1. The molecule has 0 amide bonds. The number of ketones is 1. The van der Waals surface area contributed by atoms with Gasteiger partial charge in [-0.2, -0.15) is 0 Å². The van der Waals surface area contributed by atoms with Crippen LogP contribution in [0.15, 0.2) is 43.0 Å². The van der Waals surface area contributed by atoms with Gasteiger partial charge in [-0.1, -0.05) is 24.3 Å². The lowest BCUT2D eigenvalue weighted by atomic mass is 10.00. The summed E-state index contributed by atoms with van der Waals surface area (Å²) in [6.45, 7) is 3.65. The summed E-state index contributed by atoms with van der Waals surface area (Å²) >= 11 is 0. The SMILES string of the molecule is C=CC[C@H]1C[C@@H](O)CC(=O)/C=C\Cc2cccc(OC)c2C(=O)O1. The lowest BCUT2D eigenvalue weighted by Crippen LogP contribution is -2.26. The van der Waals surface area contributed by atoms with Crippen molar-refractivity contribution in [2.45, 2.75) is 37.9 Å². The molecule has 0 fully saturated rings. The Bertz CT molecular complexity index is 647. The molecule has 0 unspecified atom stereocenters. The maximum Gasteiger partial charge on any atom is 0.342 e. The second kappa shape index (κ2) is 8.45. The molecule has 0 spiro atoms. The van der Waals surface area contributed by atoms with Crippen LogP contribution in [-0.2, 0) is 16.0 Å². The van der Waals surface area contributed by atoms with Gasteiger partial charge in [0.2, 0.25) is 0 Å². The highest BCUT2D eigenvalue weighted by atomic mass is 16.5. The molecular weight excluding hydrogens is 308 g/mol. The van der Waals surface area contributed by atoms with Gasteiger partial charge in [0.25, 0.3) is 0 Å². The Morgan fingerprint density at radius 1 is 1.42 bits per heavy atom. The lowest BCUT2D eigenvalue weighted by Gasteiger charge is -2.21. The van der Waals surface area contributed by atoms with Crippen LogP contribution in [0.3, 0.4) is 0 Å². The van der Waals surface area contributed by atoms with Crippen molar-refractivity contribution in [3.63, 3.8) is 0 Å². The summed E-state index contributed by atoms with van der Waals surface area (Å²) in [5, 5.41) is 10.0. The predicted octanol–water partition coefficient (Wildman–Crippen LogP) is 2.62. The van der Waals surface area contributed by atoms with Crippen LogP contribution in [0.5, 0.6) is 5.75 Å². The first-order chi connectivity index (χ1) is 11.5. The number of methoxy groups -OCH3 is 1. The van der Waals surface area contributed by atoms with Crippen LogP contribution in [-0.4, -0.2) is 36.2 Å². The van der Waals surface area contributed by atoms with E-state index < -0.39 is 18.2 Å². The molecule has 1 aromatic carbocycles. The third-order valence-electron chi connectivity index (χ3n) is 3.85. The Morgan fingerprint density at radius 2 is 2.21 bits per heavy atom. The van der Waals surface area contributed by atoms with Crippen LogP contribution in [0.4, 0.5) is 0 Å². The molecule has 0 bridgehead atoms. The van der Waals surface area contributed by atoms with Crippen molar-refractivity contribution in [3.05, 3.63) is 54.1 Å². The summed E-state index contributed by atoms with van der Waals surface area (Å²) in [6, 6.07) is 5.28. The largest absolute Gasteiger partial charge is 0.496 e. The van der Waals surface area contributed by atoms with E-state index in [1.165, 1.54) is 13.2 Å². The number of rotatable bonds is 3. The number of carbonyl (C=O) groups excluding carboxylic acids is 2. The molecular formula is C19H22O5. The fourth-order valence-corrected chi connectivity index (χ4v) is 2.74. The molecule has 24 heavy (non-hydrogen) atoms. The molecule has 1 N–H and O–H groups in total. The first-order valence-electron chi connectivity index (χ1n) is 7.90. The summed E-state index contributed by atoms with van der Waals surface area (Å²) < 4.78 is 10.8. The van der Waals surface area contributed by atoms with Crippen molar-refractivity contribution in [3.8, 4) is 5.75 Å². The highest BCUT2D eigenvalue weighted by Gasteiger charge is 2.24. The minimum Gasteiger partial charge on any atom is -0.496 e. The minimum atomic E-state index is -0.864. The standard InChI is InChI=1S/C19H22O5/c1-3-6-16-12-15(21)11-14(20)9-4-7-13-8-5-10-17(23-2)18(13)19(22)24-16/h3-5,8-10,15-16,21H,1,6-7,11-12H2,2H3/b9-4-/t15-,16-/m0/s1. The van der Waals surface area contributed by atoms with Crippen molar-refractivity contribution >= 4 is 11.8 Å².